The van der Waals surface area contributed by atoms with Crippen LogP contribution in [-0.2, 0) is 6.54 Å². The van der Waals surface area contributed by atoms with Crippen molar-refractivity contribution in [2.24, 2.45) is 0 Å². The number of hydrogen-bond donors (Lipinski definition) is 1. The maximum atomic E-state index is 13.2. The first-order chi connectivity index (χ1) is 9.88. The van der Waals surface area contributed by atoms with Crippen LogP contribution in [0, 0.1) is 11.6 Å². The summed E-state index contributed by atoms with van der Waals surface area (Å²) in [5.74, 6) is -2.63. The highest BCUT2D eigenvalue weighted by Gasteiger charge is 2.18. The minimum absolute atomic E-state index is 0.0477. The van der Waals surface area contributed by atoms with E-state index in [-0.39, 0.29) is 11.3 Å². The van der Waals surface area contributed by atoms with Crippen molar-refractivity contribution in [2.45, 2.75) is 6.54 Å². The predicted octanol–water partition coefficient (Wildman–Crippen LogP) is 3.58. The summed E-state index contributed by atoms with van der Waals surface area (Å²) in [5, 5.41) is 0. The van der Waals surface area contributed by atoms with Gasteiger partial charge in [0.1, 0.15) is 0 Å². The molecule has 3 nitrogen and oxygen atoms in total. The Morgan fingerprint density at radius 3 is 2.38 bits per heavy atom. The molecule has 0 unspecified atom stereocenters. The van der Waals surface area contributed by atoms with Crippen LogP contribution in [0.3, 0.4) is 0 Å². The summed E-state index contributed by atoms with van der Waals surface area (Å²) in [7, 11) is 1.57. The van der Waals surface area contributed by atoms with Crippen LogP contribution in [0.25, 0.3) is 0 Å². The van der Waals surface area contributed by atoms with Crippen LogP contribution in [0.2, 0.25) is 0 Å². The second kappa shape index (κ2) is 6.22. The van der Waals surface area contributed by atoms with Gasteiger partial charge in [0.2, 0.25) is 0 Å². The quantitative estimate of drug-likeness (QED) is 0.856. The van der Waals surface area contributed by atoms with E-state index < -0.39 is 17.5 Å². The van der Waals surface area contributed by atoms with Crippen molar-refractivity contribution >= 4 is 27.5 Å². The Morgan fingerprint density at radius 1 is 1.19 bits per heavy atom. The average molecular weight is 355 g/mol. The van der Waals surface area contributed by atoms with Crippen LogP contribution < -0.4 is 5.73 Å². The zero-order valence-electron chi connectivity index (χ0n) is 11.2. The summed E-state index contributed by atoms with van der Waals surface area (Å²) in [6.07, 6.45) is 0. The van der Waals surface area contributed by atoms with Gasteiger partial charge in [-0.2, -0.15) is 0 Å². The van der Waals surface area contributed by atoms with Gasteiger partial charge in [-0.1, -0.05) is 28.1 Å². The molecule has 1 amide bonds. The van der Waals surface area contributed by atoms with Crippen molar-refractivity contribution in [1.29, 1.82) is 0 Å². The van der Waals surface area contributed by atoms with Crippen molar-refractivity contribution in [3.8, 4) is 0 Å². The molecular weight excluding hydrogens is 342 g/mol. The molecule has 0 aliphatic rings. The normalized spacial score (nSPS) is 10.5. The lowest BCUT2D eigenvalue weighted by atomic mass is 10.1. The Morgan fingerprint density at radius 2 is 1.76 bits per heavy atom. The van der Waals surface area contributed by atoms with Crippen LogP contribution in [0.15, 0.2) is 40.9 Å². The van der Waals surface area contributed by atoms with E-state index >= 15 is 0 Å². The van der Waals surface area contributed by atoms with Gasteiger partial charge in [0.15, 0.2) is 11.6 Å². The molecule has 2 N–H and O–H groups in total. The number of carbonyl (C=O) groups excluding carboxylic acids is 1. The largest absolute Gasteiger partial charge is 0.398 e. The highest BCUT2D eigenvalue weighted by molar-refractivity contribution is 9.10. The fourth-order valence-corrected chi connectivity index (χ4v) is 2.15. The molecule has 0 aliphatic heterocycles. The number of amides is 1. The third kappa shape index (κ3) is 3.58. The lowest BCUT2D eigenvalue weighted by molar-refractivity contribution is 0.0785. The molecule has 110 valence electrons. The smallest absolute Gasteiger partial charge is 0.256 e. The molecule has 6 heteroatoms. The maximum Gasteiger partial charge on any atom is 0.256 e. The summed E-state index contributed by atoms with van der Waals surface area (Å²) in [4.78, 5) is 13.6. The number of nitrogens with zero attached hydrogens (tertiary/aromatic N) is 1. The summed E-state index contributed by atoms with van der Waals surface area (Å²) in [6, 6.07) is 9.09. The number of halogens is 3. The molecule has 0 spiro atoms. The van der Waals surface area contributed by atoms with Crippen molar-refractivity contribution in [3.05, 3.63) is 63.6 Å². The van der Waals surface area contributed by atoms with Gasteiger partial charge in [-0.3, -0.25) is 4.79 Å². The number of rotatable bonds is 3. The number of hydrogen-bond acceptors (Lipinski definition) is 2. The van der Waals surface area contributed by atoms with Gasteiger partial charge in [-0.25, -0.2) is 8.78 Å². The second-order valence-corrected chi connectivity index (χ2v) is 5.56. The SMILES string of the molecule is CN(Cc1ccc(Br)cc1)C(=O)c1cc(F)c(F)cc1N. The molecule has 2 aromatic rings. The molecule has 0 bridgehead atoms. The summed E-state index contributed by atoms with van der Waals surface area (Å²) >= 11 is 3.33. The highest BCUT2D eigenvalue weighted by atomic mass is 79.9. The molecule has 0 atom stereocenters. The number of benzene rings is 2. The van der Waals surface area contributed by atoms with E-state index in [2.05, 4.69) is 15.9 Å². The van der Waals surface area contributed by atoms with Crippen LogP contribution in [0.4, 0.5) is 14.5 Å². The number of nitrogens with two attached hydrogens (primary N) is 1. The van der Waals surface area contributed by atoms with Gasteiger partial charge in [-0.05, 0) is 23.8 Å². The summed E-state index contributed by atoms with van der Waals surface area (Å²) in [5.41, 5.74) is 6.36. The third-order valence-corrected chi connectivity index (χ3v) is 3.53. The standard InChI is InChI=1S/C15H13BrF2N2O/c1-20(8-9-2-4-10(16)5-3-9)15(21)11-6-12(17)13(18)7-14(11)19/h2-7H,8,19H2,1H3. The van der Waals surface area contributed by atoms with E-state index in [0.29, 0.717) is 6.54 Å². The Balaban J connectivity index is 2.19. The fraction of sp³-hybridized carbons (Fsp3) is 0.133. The Bertz CT molecular complexity index is 674. The molecule has 0 fully saturated rings. The molecule has 0 radical (unpaired) electrons. The highest BCUT2D eigenvalue weighted by Crippen LogP contribution is 2.19. The summed E-state index contributed by atoms with van der Waals surface area (Å²) in [6.45, 7) is 0.338. The zero-order chi connectivity index (χ0) is 15.6. The van der Waals surface area contributed by atoms with Crippen molar-refractivity contribution in [3.63, 3.8) is 0 Å². The molecule has 2 aromatic carbocycles. The van der Waals surface area contributed by atoms with Crippen LogP contribution >= 0.6 is 15.9 Å². The monoisotopic (exact) mass is 354 g/mol. The summed E-state index contributed by atoms with van der Waals surface area (Å²) < 4.78 is 27.2. The number of anilines is 1. The first-order valence-corrected chi connectivity index (χ1v) is 6.92. The van der Waals surface area contributed by atoms with E-state index in [0.717, 1.165) is 22.2 Å². The molecule has 0 saturated heterocycles. The minimum atomic E-state index is -1.09. The lowest BCUT2D eigenvalue weighted by Gasteiger charge is -2.18. The van der Waals surface area contributed by atoms with Gasteiger partial charge in [0.25, 0.3) is 5.91 Å². The van der Waals surface area contributed by atoms with Crippen LogP contribution in [0.5, 0.6) is 0 Å². The van der Waals surface area contributed by atoms with E-state index in [4.69, 9.17) is 5.73 Å². The van der Waals surface area contributed by atoms with Crippen molar-refractivity contribution < 1.29 is 13.6 Å². The van der Waals surface area contributed by atoms with Crippen LogP contribution in [-0.4, -0.2) is 17.9 Å². The molecule has 21 heavy (non-hydrogen) atoms. The van der Waals surface area contributed by atoms with E-state index in [9.17, 15) is 13.6 Å². The average Bonchev–Trinajstić information content (AvgIpc) is 2.44. The minimum Gasteiger partial charge on any atom is -0.398 e. The first-order valence-electron chi connectivity index (χ1n) is 6.13. The van der Waals surface area contributed by atoms with Gasteiger partial charge in [0, 0.05) is 29.8 Å². The first kappa shape index (κ1) is 15.4. The molecule has 0 aliphatic carbocycles. The zero-order valence-corrected chi connectivity index (χ0v) is 12.8. The van der Waals surface area contributed by atoms with Gasteiger partial charge >= 0.3 is 0 Å². The van der Waals surface area contributed by atoms with E-state index in [1.807, 2.05) is 24.3 Å². The Labute approximate surface area is 129 Å². The topological polar surface area (TPSA) is 46.3 Å². The van der Waals surface area contributed by atoms with Gasteiger partial charge < -0.3 is 10.6 Å². The molecule has 0 aromatic heterocycles. The third-order valence-electron chi connectivity index (χ3n) is 3.00. The lowest BCUT2D eigenvalue weighted by Crippen LogP contribution is -2.27. The predicted molar refractivity (Wildman–Crippen MR) is 80.7 cm³/mol. The fourth-order valence-electron chi connectivity index (χ4n) is 1.89. The van der Waals surface area contributed by atoms with E-state index in [1.165, 1.54) is 4.90 Å². The van der Waals surface area contributed by atoms with E-state index in [1.54, 1.807) is 7.05 Å². The van der Waals surface area contributed by atoms with Crippen molar-refractivity contribution in [2.75, 3.05) is 12.8 Å². The van der Waals surface area contributed by atoms with Gasteiger partial charge in [-0.15, -0.1) is 0 Å². The number of carbonyl (C=O) groups is 1. The second-order valence-electron chi connectivity index (χ2n) is 4.64. The van der Waals surface area contributed by atoms with Crippen LogP contribution in [0.1, 0.15) is 15.9 Å². The van der Waals surface area contributed by atoms with Crippen molar-refractivity contribution in [1.82, 2.24) is 4.90 Å². The Hall–Kier alpha value is -1.95. The Kier molecular flexibility index (Phi) is 4.57. The molecule has 0 saturated carbocycles. The molecule has 0 heterocycles. The molecular formula is C15H13BrF2N2O. The maximum absolute atomic E-state index is 13.2. The number of nitrogen functional groups attached to an aromatic ring is 1. The molecule has 2 rings (SSSR count). The van der Waals surface area contributed by atoms with Gasteiger partial charge in [0.05, 0.1) is 5.56 Å².